The van der Waals surface area contributed by atoms with Gasteiger partial charge in [0.2, 0.25) is 0 Å². The number of aromatic carboxylic acids is 1. The van der Waals surface area contributed by atoms with Gasteiger partial charge in [-0.3, -0.25) is 4.90 Å². The highest BCUT2D eigenvalue weighted by molar-refractivity contribution is 6.05. The number of benzene rings is 3. The molecule has 0 saturated carbocycles. The molecule has 2 heterocycles. The number of para-hydroxylation sites is 2. The molecule has 0 bridgehead atoms. The summed E-state index contributed by atoms with van der Waals surface area (Å²) in [5.74, 6) is -0.894. The summed E-state index contributed by atoms with van der Waals surface area (Å²) in [6.07, 6.45) is 0.648. The normalized spacial score (nSPS) is 14.5. The molecule has 1 aromatic heterocycles. The Balaban J connectivity index is 1.43. The summed E-state index contributed by atoms with van der Waals surface area (Å²) < 4.78 is 0. The second kappa shape index (κ2) is 9.43. The number of fused-ring (bicyclic) bond motifs is 1. The van der Waals surface area contributed by atoms with Gasteiger partial charge in [-0.15, -0.1) is 0 Å². The molecule has 0 amide bonds. The van der Waals surface area contributed by atoms with Crippen LogP contribution in [0.25, 0.3) is 22.2 Å². The van der Waals surface area contributed by atoms with E-state index in [-0.39, 0.29) is 0 Å². The highest BCUT2D eigenvalue weighted by atomic mass is 16.4. The van der Waals surface area contributed by atoms with Gasteiger partial charge in [-0.1, -0.05) is 66.7 Å². The zero-order chi connectivity index (χ0) is 22.6. The number of carboxylic acids is 1. The van der Waals surface area contributed by atoms with E-state index in [1.807, 2.05) is 60.7 Å². The second-order valence-electron chi connectivity index (χ2n) is 8.42. The molecule has 1 aliphatic heterocycles. The molecule has 5 heteroatoms. The van der Waals surface area contributed by atoms with E-state index in [1.165, 1.54) is 5.69 Å². The molecular formula is C28H27N3O2. The third kappa shape index (κ3) is 4.45. The molecule has 1 aliphatic rings. The van der Waals surface area contributed by atoms with Crippen LogP contribution in [0.4, 0.5) is 5.69 Å². The van der Waals surface area contributed by atoms with Crippen LogP contribution in [0.1, 0.15) is 15.9 Å². The van der Waals surface area contributed by atoms with Gasteiger partial charge in [-0.05, 0) is 30.2 Å². The lowest BCUT2D eigenvalue weighted by atomic mass is 9.94. The van der Waals surface area contributed by atoms with E-state index in [0.29, 0.717) is 22.9 Å². The third-order valence-electron chi connectivity index (χ3n) is 6.43. The standard InChI is InChI=1S/C28H27N3O2/c32-28(33)26-23-13-7-8-14-25(23)29-27(21-9-3-1-4-10-21)24(26)15-16-30-17-19-31(20-18-30)22-11-5-2-6-12-22/h1-14H,15-20H2,(H,32,33). The minimum atomic E-state index is -0.894. The molecule has 1 fully saturated rings. The average molecular weight is 438 g/mol. The van der Waals surface area contributed by atoms with Crippen molar-refractivity contribution in [2.45, 2.75) is 6.42 Å². The molecule has 1 N–H and O–H groups in total. The fourth-order valence-corrected chi connectivity index (χ4v) is 4.71. The predicted octanol–water partition coefficient (Wildman–Crippen LogP) is 4.96. The number of carboxylic acid groups (broad SMARTS) is 1. The van der Waals surface area contributed by atoms with Crippen LogP contribution >= 0.6 is 0 Å². The molecule has 0 radical (unpaired) electrons. The Morgan fingerprint density at radius 1 is 0.818 bits per heavy atom. The number of pyridine rings is 1. The van der Waals surface area contributed by atoms with Crippen LogP contribution < -0.4 is 4.90 Å². The lowest BCUT2D eigenvalue weighted by molar-refractivity contribution is 0.0697. The van der Waals surface area contributed by atoms with Crippen molar-refractivity contribution in [3.05, 3.63) is 96.1 Å². The number of carbonyl (C=O) groups is 1. The van der Waals surface area contributed by atoms with Gasteiger partial charge < -0.3 is 10.0 Å². The quantitative estimate of drug-likeness (QED) is 0.462. The number of piperazine rings is 1. The van der Waals surface area contributed by atoms with Gasteiger partial charge in [-0.2, -0.15) is 0 Å². The second-order valence-corrected chi connectivity index (χ2v) is 8.42. The Morgan fingerprint density at radius 2 is 1.45 bits per heavy atom. The van der Waals surface area contributed by atoms with Crippen LogP contribution in [-0.2, 0) is 6.42 Å². The summed E-state index contributed by atoms with van der Waals surface area (Å²) in [5, 5.41) is 10.9. The van der Waals surface area contributed by atoms with E-state index in [1.54, 1.807) is 0 Å². The van der Waals surface area contributed by atoms with Crippen molar-refractivity contribution in [3.63, 3.8) is 0 Å². The summed E-state index contributed by atoms with van der Waals surface area (Å²) in [4.78, 5) is 22.2. The Labute approximate surface area is 193 Å². The molecule has 166 valence electrons. The maximum absolute atomic E-state index is 12.4. The van der Waals surface area contributed by atoms with Gasteiger partial charge in [0.15, 0.2) is 0 Å². The Morgan fingerprint density at radius 3 is 2.15 bits per heavy atom. The number of aromatic nitrogens is 1. The van der Waals surface area contributed by atoms with Gasteiger partial charge in [0, 0.05) is 49.4 Å². The van der Waals surface area contributed by atoms with Crippen LogP contribution in [0.5, 0.6) is 0 Å². The van der Waals surface area contributed by atoms with E-state index in [2.05, 4.69) is 34.1 Å². The summed E-state index contributed by atoms with van der Waals surface area (Å²) in [7, 11) is 0. The zero-order valence-corrected chi connectivity index (χ0v) is 18.5. The van der Waals surface area contributed by atoms with E-state index in [9.17, 15) is 9.90 Å². The maximum atomic E-state index is 12.4. The first-order valence-corrected chi connectivity index (χ1v) is 11.4. The van der Waals surface area contributed by atoms with Crippen molar-refractivity contribution in [1.82, 2.24) is 9.88 Å². The molecular weight excluding hydrogens is 410 g/mol. The summed E-state index contributed by atoms with van der Waals surface area (Å²) >= 11 is 0. The molecule has 4 aromatic rings. The topological polar surface area (TPSA) is 56.7 Å². The van der Waals surface area contributed by atoms with Crippen molar-refractivity contribution in [3.8, 4) is 11.3 Å². The largest absolute Gasteiger partial charge is 0.478 e. The van der Waals surface area contributed by atoms with Gasteiger partial charge in [-0.25, -0.2) is 9.78 Å². The lowest BCUT2D eigenvalue weighted by Gasteiger charge is -2.36. The van der Waals surface area contributed by atoms with Crippen molar-refractivity contribution in [2.75, 3.05) is 37.6 Å². The van der Waals surface area contributed by atoms with E-state index in [0.717, 1.165) is 49.5 Å². The highest BCUT2D eigenvalue weighted by Gasteiger charge is 2.23. The molecule has 0 unspecified atom stereocenters. The zero-order valence-electron chi connectivity index (χ0n) is 18.5. The van der Waals surface area contributed by atoms with Gasteiger partial charge in [0.1, 0.15) is 0 Å². The smallest absolute Gasteiger partial charge is 0.336 e. The van der Waals surface area contributed by atoms with Crippen LogP contribution in [0.2, 0.25) is 0 Å². The number of hydrogen-bond acceptors (Lipinski definition) is 4. The SMILES string of the molecule is O=C(O)c1c(CCN2CCN(c3ccccc3)CC2)c(-c2ccccc2)nc2ccccc12. The lowest BCUT2D eigenvalue weighted by Crippen LogP contribution is -2.47. The van der Waals surface area contributed by atoms with Crippen LogP contribution in [0.15, 0.2) is 84.9 Å². The molecule has 0 atom stereocenters. The fourth-order valence-electron chi connectivity index (χ4n) is 4.71. The number of rotatable bonds is 6. The average Bonchev–Trinajstić information content (AvgIpc) is 2.88. The van der Waals surface area contributed by atoms with Crippen molar-refractivity contribution in [1.29, 1.82) is 0 Å². The minimum Gasteiger partial charge on any atom is -0.478 e. The first kappa shape index (κ1) is 21.2. The fraction of sp³-hybridized carbons (Fsp3) is 0.214. The Bertz CT molecular complexity index is 1250. The molecule has 0 aliphatic carbocycles. The van der Waals surface area contributed by atoms with Crippen LogP contribution in [0, 0.1) is 0 Å². The molecule has 0 spiro atoms. The summed E-state index contributed by atoms with van der Waals surface area (Å²) in [6, 6.07) is 28.0. The summed E-state index contributed by atoms with van der Waals surface area (Å²) in [6.45, 7) is 4.66. The van der Waals surface area contributed by atoms with Gasteiger partial charge >= 0.3 is 5.97 Å². The van der Waals surface area contributed by atoms with Crippen molar-refractivity contribution in [2.24, 2.45) is 0 Å². The van der Waals surface area contributed by atoms with Gasteiger partial charge in [0.05, 0.1) is 16.8 Å². The van der Waals surface area contributed by atoms with E-state index < -0.39 is 5.97 Å². The summed E-state index contributed by atoms with van der Waals surface area (Å²) in [5.41, 5.74) is 4.90. The molecule has 5 nitrogen and oxygen atoms in total. The van der Waals surface area contributed by atoms with Gasteiger partial charge in [0.25, 0.3) is 0 Å². The third-order valence-corrected chi connectivity index (χ3v) is 6.43. The van der Waals surface area contributed by atoms with E-state index >= 15 is 0 Å². The van der Waals surface area contributed by atoms with Crippen LogP contribution in [-0.4, -0.2) is 53.7 Å². The first-order chi connectivity index (χ1) is 16.2. The number of hydrogen-bond donors (Lipinski definition) is 1. The Kier molecular flexibility index (Phi) is 6.05. The predicted molar refractivity (Wildman–Crippen MR) is 133 cm³/mol. The van der Waals surface area contributed by atoms with Crippen LogP contribution in [0.3, 0.4) is 0 Å². The Hall–Kier alpha value is -3.70. The van der Waals surface area contributed by atoms with E-state index in [4.69, 9.17) is 4.98 Å². The maximum Gasteiger partial charge on any atom is 0.336 e. The molecule has 33 heavy (non-hydrogen) atoms. The highest BCUT2D eigenvalue weighted by Crippen LogP contribution is 2.31. The first-order valence-electron chi connectivity index (χ1n) is 11.4. The molecule has 1 saturated heterocycles. The number of nitrogens with zero attached hydrogens (tertiary/aromatic N) is 3. The molecule has 3 aromatic carbocycles. The monoisotopic (exact) mass is 437 g/mol. The van der Waals surface area contributed by atoms with Crippen molar-refractivity contribution < 1.29 is 9.90 Å². The van der Waals surface area contributed by atoms with Crippen molar-refractivity contribution >= 4 is 22.6 Å². The molecule has 5 rings (SSSR count). The number of anilines is 1. The minimum absolute atomic E-state index is 0.377.